The summed E-state index contributed by atoms with van der Waals surface area (Å²) in [5, 5.41) is 13.8. The third-order valence-electron chi connectivity index (χ3n) is 2.83. The molecule has 96 valence electrons. The van der Waals surface area contributed by atoms with Crippen molar-refractivity contribution in [2.75, 3.05) is 6.61 Å². The zero-order valence-electron chi connectivity index (χ0n) is 10.7. The fourth-order valence-electron chi connectivity index (χ4n) is 1.74. The van der Waals surface area contributed by atoms with Crippen LogP contribution in [0.2, 0.25) is 0 Å². The Kier molecular flexibility index (Phi) is 5.65. The third kappa shape index (κ3) is 3.82. The summed E-state index contributed by atoms with van der Waals surface area (Å²) in [4.78, 5) is 12.9. The Morgan fingerprint density at radius 2 is 2.24 bits per heavy atom. The molecule has 1 aromatic heterocycles. The molecule has 0 radical (unpaired) electrons. The summed E-state index contributed by atoms with van der Waals surface area (Å²) in [6, 6.07) is 2.08. The average molecular weight is 255 g/mol. The Morgan fingerprint density at radius 3 is 2.76 bits per heavy atom. The first-order valence-electron chi connectivity index (χ1n) is 6.09. The second kappa shape index (κ2) is 6.77. The lowest BCUT2D eigenvalue weighted by Crippen LogP contribution is -2.35. The summed E-state index contributed by atoms with van der Waals surface area (Å²) in [5.41, 5.74) is 1.10. The summed E-state index contributed by atoms with van der Waals surface area (Å²) >= 11 is 1.48. The molecule has 2 N–H and O–H groups in total. The van der Waals surface area contributed by atoms with E-state index in [-0.39, 0.29) is 18.6 Å². The van der Waals surface area contributed by atoms with Crippen molar-refractivity contribution in [1.82, 2.24) is 5.32 Å². The second-order valence-electron chi connectivity index (χ2n) is 4.45. The van der Waals surface area contributed by atoms with Gasteiger partial charge < -0.3 is 10.4 Å². The van der Waals surface area contributed by atoms with Crippen molar-refractivity contribution in [2.24, 2.45) is 0 Å². The van der Waals surface area contributed by atoms with Crippen LogP contribution >= 0.6 is 11.3 Å². The average Bonchev–Trinajstić information content (AvgIpc) is 2.77. The van der Waals surface area contributed by atoms with Crippen LogP contribution < -0.4 is 5.32 Å². The molecule has 1 atom stereocenters. The van der Waals surface area contributed by atoms with Gasteiger partial charge in [-0.25, -0.2) is 0 Å². The molecule has 0 aromatic carbocycles. The minimum absolute atomic E-state index is 0.0102. The Hall–Kier alpha value is -0.870. The van der Waals surface area contributed by atoms with E-state index >= 15 is 0 Å². The second-order valence-corrected chi connectivity index (χ2v) is 5.37. The number of hydrogen-bond acceptors (Lipinski definition) is 3. The number of carbonyl (C=O) groups is 1. The molecule has 1 amide bonds. The number of aliphatic hydroxyl groups is 1. The van der Waals surface area contributed by atoms with Gasteiger partial charge in [-0.1, -0.05) is 20.8 Å². The van der Waals surface area contributed by atoms with Crippen molar-refractivity contribution in [3.05, 3.63) is 21.9 Å². The number of rotatable bonds is 6. The van der Waals surface area contributed by atoms with Gasteiger partial charge in [0.2, 0.25) is 0 Å². The SMILES string of the molecule is CCC(CCO)NC(=O)c1sccc1C(C)C. The highest BCUT2D eigenvalue weighted by atomic mass is 32.1. The van der Waals surface area contributed by atoms with Crippen molar-refractivity contribution >= 4 is 17.2 Å². The molecular formula is C13H21NO2S. The molecule has 1 unspecified atom stereocenters. The van der Waals surface area contributed by atoms with Crippen molar-refractivity contribution in [3.63, 3.8) is 0 Å². The molecule has 1 heterocycles. The zero-order valence-corrected chi connectivity index (χ0v) is 11.5. The van der Waals surface area contributed by atoms with E-state index in [0.717, 1.165) is 16.9 Å². The molecule has 0 spiro atoms. The van der Waals surface area contributed by atoms with Crippen molar-refractivity contribution in [1.29, 1.82) is 0 Å². The van der Waals surface area contributed by atoms with E-state index in [1.54, 1.807) is 0 Å². The first kappa shape index (κ1) is 14.2. The quantitative estimate of drug-likeness (QED) is 0.821. The molecule has 4 heteroatoms. The molecule has 1 rings (SSSR count). The highest BCUT2D eigenvalue weighted by molar-refractivity contribution is 7.12. The molecule has 0 aliphatic carbocycles. The fraction of sp³-hybridized carbons (Fsp3) is 0.615. The number of carbonyl (C=O) groups excluding carboxylic acids is 1. The first-order valence-corrected chi connectivity index (χ1v) is 6.97. The van der Waals surface area contributed by atoms with Crippen LogP contribution in [0.25, 0.3) is 0 Å². The predicted molar refractivity (Wildman–Crippen MR) is 71.7 cm³/mol. The van der Waals surface area contributed by atoms with Crippen molar-refractivity contribution in [2.45, 2.75) is 45.6 Å². The lowest BCUT2D eigenvalue weighted by atomic mass is 10.0. The van der Waals surface area contributed by atoms with Gasteiger partial charge in [-0.05, 0) is 35.8 Å². The minimum atomic E-state index is -0.0102. The highest BCUT2D eigenvalue weighted by Gasteiger charge is 2.17. The Labute approximate surface area is 107 Å². The number of hydrogen-bond donors (Lipinski definition) is 2. The van der Waals surface area contributed by atoms with Gasteiger partial charge in [-0.3, -0.25) is 4.79 Å². The van der Waals surface area contributed by atoms with Crippen LogP contribution in [0.5, 0.6) is 0 Å². The highest BCUT2D eigenvalue weighted by Crippen LogP contribution is 2.24. The van der Waals surface area contributed by atoms with Crippen LogP contribution in [0.4, 0.5) is 0 Å². The fourth-order valence-corrected chi connectivity index (χ4v) is 2.70. The van der Waals surface area contributed by atoms with Crippen LogP contribution in [-0.2, 0) is 0 Å². The Balaban J connectivity index is 2.72. The van der Waals surface area contributed by atoms with Gasteiger partial charge >= 0.3 is 0 Å². The molecule has 1 aromatic rings. The predicted octanol–water partition coefficient (Wildman–Crippen LogP) is 2.76. The lowest BCUT2D eigenvalue weighted by molar-refractivity contribution is 0.0932. The largest absolute Gasteiger partial charge is 0.396 e. The van der Waals surface area contributed by atoms with Gasteiger partial charge in [-0.2, -0.15) is 0 Å². The normalized spacial score (nSPS) is 12.8. The number of thiophene rings is 1. The molecule has 0 fully saturated rings. The van der Waals surface area contributed by atoms with Gasteiger partial charge in [0.25, 0.3) is 5.91 Å². The molecule has 17 heavy (non-hydrogen) atoms. The van der Waals surface area contributed by atoms with Crippen LogP contribution in [0.15, 0.2) is 11.4 Å². The molecule has 0 aliphatic rings. The van der Waals surface area contributed by atoms with Crippen LogP contribution in [-0.4, -0.2) is 23.7 Å². The summed E-state index contributed by atoms with van der Waals surface area (Å²) in [6.45, 7) is 6.30. The maximum atomic E-state index is 12.1. The summed E-state index contributed by atoms with van der Waals surface area (Å²) in [5.74, 6) is 0.351. The monoisotopic (exact) mass is 255 g/mol. The molecule has 3 nitrogen and oxygen atoms in total. The van der Waals surface area contributed by atoms with Gasteiger partial charge in [0.05, 0.1) is 4.88 Å². The molecular weight excluding hydrogens is 234 g/mol. The summed E-state index contributed by atoms with van der Waals surface area (Å²) in [7, 11) is 0. The molecule has 0 saturated heterocycles. The Morgan fingerprint density at radius 1 is 1.53 bits per heavy atom. The van der Waals surface area contributed by atoms with Gasteiger partial charge in [0.15, 0.2) is 0 Å². The van der Waals surface area contributed by atoms with E-state index in [1.165, 1.54) is 11.3 Å². The lowest BCUT2D eigenvalue weighted by Gasteiger charge is -2.16. The first-order chi connectivity index (χ1) is 8.10. The summed E-state index contributed by atoms with van der Waals surface area (Å²) < 4.78 is 0. The molecule has 0 aliphatic heterocycles. The third-order valence-corrected chi connectivity index (χ3v) is 3.76. The van der Waals surface area contributed by atoms with Crippen LogP contribution in [0, 0.1) is 0 Å². The number of amides is 1. The Bertz CT molecular complexity index is 360. The van der Waals surface area contributed by atoms with Gasteiger partial charge in [0, 0.05) is 12.6 Å². The molecule has 0 bridgehead atoms. The van der Waals surface area contributed by atoms with Crippen molar-refractivity contribution < 1.29 is 9.90 Å². The number of aliphatic hydroxyl groups excluding tert-OH is 1. The van der Waals surface area contributed by atoms with Gasteiger partial charge in [0.1, 0.15) is 0 Å². The van der Waals surface area contributed by atoms with Crippen molar-refractivity contribution in [3.8, 4) is 0 Å². The van der Waals surface area contributed by atoms with Crippen LogP contribution in [0.3, 0.4) is 0 Å². The maximum absolute atomic E-state index is 12.1. The van der Waals surface area contributed by atoms with E-state index < -0.39 is 0 Å². The minimum Gasteiger partial charge on any atom is -0.396 e. The maximum Gasteiger partial charge on any atom is 0.261 e. The van der Waals surface area contributed by atoms with E-state index in [9.17, 15) is 4.79 Å². The van der Waals surface area contributed by atoms with Gasteiger partial charge in [-0.15, -0.1) is 11.3 Å². The van der Waals surface area contributed by atoms with E-state index in [2.05, 4.69) is 19.2 Å². The van der Waals surface area contributed by atoms with E-state index in [0.29, 0.717) is 12.3 Å². The van der Waals surface area contributed by atoms with E-state index in [4.69, 9.17) is 5.11 Å². The number of nitrogens with one attached hydrogen (secondary N) is 1. The zero-order chi connectivity index (χ0) is 12.8. The smallest absolute Gasteiger partial charge is 0.261 e. The topological polar surface area (TPSA) is 49.3 Å². The van der Waals surface area contributed by atoms with Crippen LogP contribution in [0.1, 0.15) is 54.8 Å². The summed E-state index contributed by atoms with van der Waals surface area (Å²) in [6.07, 6.45) is 1.46. The van der Waals surface area contributed by atoms with E-state index in [1.807, 2.05) is 18.4 Å². The standard InChI is InChI=1S/C13H21NO2S/c1-4-10(5-7-15)14-13(16)12-11(9(2)3)6-8-17-12/h6,8-10,15H,4-5,7H2,1-3H3,(H,14,16). The molecule has 0 saturated carbocycles.